The molecule has 0 unspecified atom stereocenters. The summed E-state index contributed by atoms with van der Waals surface area (Å²) in [5.41, 5.74) is 2.33. The Morgan fingerprint density at radius 2 is 1.76 bits per heavy atom. The first-order chi connectivity index (χ1) is 15.4. The predicted octanol–water partition coefficient (Wildman–Crippen LogP) is 4.92. The number of pyridine rings is 1. The van der Waals surface area contributed by atoms with Crippen LogP contribution in [0.15, 0.2) is 12.3 Å². The number of carbonyl (C=O) groups excluding carboxylic acids is 1. The highest BCUT2D eigenvalue weighted by atomic mass is 127. The van der Waals surface area contributed by atoms with Crippen LogP contribution in [0, 0.1) is 9.39 Å². The lowest BCUT2D eigenvalue weighted by Gasteiger charge is -2.32. The standard InChI is InChI=1S/C19H16F7IN4O2/c20-11-7-10-1-2-12-13(27)14(29-31(12)15(10)28-8-11)9-3-5-30(6-4-9)17(32)33-16(18(21,22)23)19(24,25)26/h7-9,16H,1-6H2. The second-order valence-corrected chi connectivity index (χ2v) is 8.88. The van der Waals surface area contributed by atoms with Crippen LogP contribution in [0.4, 0.5) is 35.5 Å². The summed E-state index contributed by atoms with van der Waals surface area (Å²) in [4.78, 5) is 16.9. The number of halogens is 8. The highest BCUT2D eigenvalue weighted by Crippen LogP contribution is 2.38. The van der Waals surface area contributed by atoms with Gasteiger partial charge >= 0.3 is 18.4 Å². The molecule has 1 fully saturated rings. The van der Waals surface area contributed by atoms with Crippen molar-refractivity contribution in [2.45, 2.75) is 50.1 Å². The molecule has 2 aliphatic heterocycles. The molecule has 0 saturated carbocycles. The third-order valence-electron chi connectivity index (χ3n) is 5.64. The second kappa shape index (κ2) is 8.58. The Morgan fingerprint density at radius 1 is 1.12 bits per heavy atom. The summed E-state index contributed by atoms with van der Waals surface area (Å²) >= 11 is 2.14. The Kier molecular flexibility index (Phi) is 6.24. The van der Waals surface area contributed by atoms with Crippen LogP contribution in [0.1, 0.15) is 35.7 Å². The smallest absolute Gasteiger partial charge is 0.426 e. The van der Waals surface area contributed by atoms with Gasteiger partial charge < -0.3 is 9.64 Å². The highest BCUT2D eigenvalue weighted by molar-refractivity contribution is 14.1. The van der Waals surface area contributed by atoms with E-state index in [1.165, 1.54) is 6.07 Å². The first-order valence-corrected chi connectivity index (χ1v) is 10.9. The quantitative estimate of drug-likeness (QED) is 0.367. The van der Waals surface area contributed by atoms with Gasteiger partial charge in [0.15, 0.2) is 5.82 Å². The number of ether oxygens (including phenoxy) is 1. The number of hydrogen-bond donors (Lipinski definition) is 0. The molecule has 4 rings (SSSR count). The summed E-state index contributed by atoms with van der Waals surface area (Å²) in [6.07, 6.45) is -14.5. The number of piperidine rings is 1. The number of carbonyl (C=O) groups is 1. The van der Waals surface area contributed by atoms with Gasteiger partial charge in [-0.3, -0.25) is 0 Å². The molecular formula is C19H16F7IN4O2. The van der Waals surface area contributed by atoms with E-state index >= 15 is 0 Å². The van der Waals surface area contributed by atoms with Crippen LogP contribution in [0.25, 0.3) is 5.82 Å². The van der Waals surface area contributed by atoms with Gasteiger partial charge in [0.25, 0.3) is 6.10 Å². The number of hydrogen-bond acceptors (Lipinski definition) is 4. The molecule has 1 amide bonds. The molecule has 180 valence electrons. The SMILES string of the molecule is O=C(OC(C(F)(F)F)C(F)(F)F)N1CCC(c2nn3c(c2I)CCc2cc(F)cnc2-3)CC1. The molecule has 2 aromatic rings. The summed E-state index contributed by atoms with van der Waals surface area (Å²) < 4.78 is 95.7. The van der Waals surface area contributed by atoms with E-state index in [0.717, 1.165) is 25.9 Å². The largest absolute Gasteiger partial charge is 0.434 e. The molecule has 0 aliphatic carbocycles. The van der Waals surface area contributed by atoms with Crippen molar-refractivity contribution in [2.24, 2.45) is 0 Å². The number of nitrogens with zero attached hydrogens (tertiary/aromatic N) is 4. The average molecular weight is 592 g/mol. The van der Waals surface area contributed by atoms with Gasteiger partial charge in [0.1, 0.15) is 5.82 Å². The zero-order chi connectivity index (χ0) is 24.1. The summed E-state index contributed by atoms with van der Waals surface area (Å²) in [6.45, 7) is -0.158. The van der Waals surface area contributed by atoms with Crippen LogP contribution >= 0.6 is 22.6 Å². The summed E-state index contributed by atoms with van der Waals surface area (Å²) in [6, 6.07) is 1.40. The number of fused-ring (bicyclic) bond motifs is 3. The normalized spacial score (nSPS) is 17.2. The molecule has 0 bridgehead atoms. The maximum atomic E-state index is 13.5. The van der Waals surface area contributed by atoms with Crippen molar-refractivity contribution in [2.75, 3.05) is 13.1 Å². The number of likely N-dealkylation sites (tertiary alicyclic amines) is 1. The maximum Gasteiger partial charge on any atom is 0.434 e. The molecule has 0 N–H and O–H groups in total. The van der Waals surface area contributed by atoms with Gasteiger partial charge in [0, 0.05) is 24.6 Å². The number of alkyl halides is 6. The minimum atomic E-state index is -5.76. The van der Waals surface area contributed by atoms with Crippen molar-refractivity contribution < 1.29 is 40.3 Å². The molecule has 33 heavy (non-hydrogen) atoms. The molecule has 0 atom stereocenters. The predicted molar refractivity (Wildman–Crippen MR) is 107 cm³/mol. The Balaban J connectivity index is 1.46. The van der Waals surface area contributed by atoms with Gasteiger partial charge in [-0.15, -0.1) is 0 Å². The van der Waals surface area contributed by atoms with Crippen molar-refractivity contribution in [3.05, 3.63) is 38.6 Å². The van der Waals surface area contributed by atoms with Crippen LogP contribution in [0.2, 0.25) is 0 Å². The Bertz CT molecular complexity index is 1050. The van der Waals surface area contributed by atoms with Gasteiger partial charge in [-0.25, -0.2) is 18.9 Å². The van der Waals surface area contributed by atoms with Gasteiger partial charge in [0.05, 0.1) is 21.2 Å². The van der Waals surface area contributed by atoms with Gasteiger partial charge in [-0.2, -0.15) is 31.4 Å². The number of amides is 1. The maximum absolute atomic E-state index is 13.5. The Hall–Kier alpha value is -2.13. The summed E-state index contributed by atoms with van der Waals surface area (Å²) in [5.74, 6) is -0.0889. The number of aryl methyl sites for hydroxylation is 1. The first-order valence-electron chi connectivity index (χ1n) is 9.87. The van der Waals surface area contributed by atoms with Crippen molar-refractivity contribution in [1.29, 1.82) is 0 Å². The second-order valence-electron chi connectivity index (χ2n) is 7.80. The van der Waals surface area contributed by atoms with E-state index < -0.39 is 30.4 Å². The monoisotopic (exact) mass is 592 g/mol. The van der Waals surface area contributed by atoms with Crippen molar-refractivity contribution in [3.63, 3.8) is 0 Å². The van der Waals surface area contributed by atoms with Gasteiger partial charge in [-0.05, 0) is 54.3 Å². The molecule has 1 saturated heterocycles. The number of aromatic nitrogens is 3. The summed E-state index contributed by atoms with van der Waals surface area (Å²) in [7, 11) is 0. The molecule has 14 heteroatoms. The van der Waals surface area contributed by atoms with Crippen LogP contribution in [-0.2, 0) is 17.6 Å². The Morgan fingerprint density at radius 3 is 2.36 bits per heavy atom. The summed E-state index contributed by atoms with van der Waals surface area (Å²) in [5, 5.41) is 4.62. The lowest BCUT2D eigenvalue weighted by atomic mass is 9.93. The topological polar surface area (TPSA) is 60.2 Å². The van der Waals surface area contributed by atoms with Crippen molar-refractivity contribution in [3.8, 4) is 5.82 Å². The third kappa shape index (κ3) is 4.75. The minimum Gasteiger partial charge on any atom is -0.426 e. The molecule has 6 nitrogen and oxygen atoms in total. The average Bonchev–Trinajstić information content (AvgIpc) is 3.07. The van der Waals surface area contributed by atoms with Crippen molar-refractivity contribution >= 4 is 28.7 Å². The number of rotatable bonds is 2. The van der Waals surface area contributed by atoms with Crippen LogP contribution in [0.3, 0.4) is 0 Å². The molecule has 2 aliphatic rings. The van der Waals surface area contributed by atoms with Crippen LogP contribution < -0.4 is 0 Å². The zero-order valence-electron chi connectivity index (χ0n) is 16.7. The van der Waals surface area contributed by atoms with Gasteiger partial charge in [0.2, 0.25) is 0 Å². The lowest BCUT2D eigenvalue weighted by Crippen LogP contribution is -2.49. The first kappa shape index (κ1) is 24.0. The van der Waals surface area contributed by atoms with Crippen LogP contribution in [-0.4, -0.2) is 57.3 Å². The van der Waals surface area contributed by atoms with Crippen molar-refractivity contribution in [1.82, 2.24) is 19.7 Å². The molecule has 0 spiro atoms. The van der Waals surface area contributed by atoms with E-state index in [9.17, 15) is 35.5 Å². The fraction of sp³-hybridized carbons (Fsp3) is 0.526. The molecule has 0 radical (unpaired) electrons. The van der Waals surface area contributed by atoms with E-state index in [4.69, 9.17) is 0 Å². The van der Waals surface area contributed by atoms with E-state index in [0.29, 0.717) is 24.4 Å². The molecular weight excluding hydrogens is 576 g/mol. The fourth-order valence-corrected chi connectivity index (χ4v) is 5.08. The highest BCUT2D eigenvalue weighted by Gasteiger charge is 2.60. The van der Waals surface area contributed by atoms with E-state index in [1.54, 1.807) is 4.68 Å². The van der Waals surface area contributed by atoms with E-state index in [-0.39, 0.29) is 31.8 Å². The van der Waals surface area contributed by atoms with Crippen LogP contribution in [0.5, 0.6) is 0 Å². The minimum absolute atomic E-state index is 0.0791. The molecule has 2 aromatic heterocycles. The third-order valence-corrected chi connectivity index (χ3v) is 6.81. The van der Waals surface area contributed by atoms with E-state index in [2.05, 4.69) is 37.4 Å². The Labute approximate surface area is 196 Å². The molecule has 4 heterocycles. The lowest BCUT2D eigenvalue weighted by molar-refractivity contribution is -0.308. The van der Waals surface area contributed by atoms with E-state index in [1.807, 2.05) is 0 Å². The molecule has 0 aromatic carbocycles. The van der Waals surface area contributed by atoms with Gasteiger partial charge in [-0.1, -0.05) is 0 Å². The fourth-order valence-electron chi connectivity index (χ4n) is 4.04. The zero-order valence-corrected chi connectivity index (χ0v) is 18.8.